The van der Waals surface area contributed by atoms with Crippen LogP contribution in [0.4, 0.5) is 11.5 Å². The molecule has 3 nitrogen and oxygen atoms in total. The van der Waals surface area contributed by atoms with Crippen LogP contribution in [0.15, 0.2) is 18.3 Å². The van der Waals surface area contributed by atoms with Gasteiger partial charge >= 0.3 is 0 Å². The molecule has 0 saturated heterocycles. The largest absolute Gasteiger partial charge is 0.385 e. The summed E-state index contributed by atoms with van der Waals surface area (Å²) in [6.07, 6.45) is 1.52. The quantitative estimate of drug-likeness (QED) is 0.575. The molecule has 0 aliphatic rings. The second-order valence-electron chi connectivity index (χ2n) is 1.55. The maximum atomic E-state index is 6.58. The molecule has 1 aromatic heterocycles. The van der Waals surface area contributed by atoms with E-state index in [0.717, 1.165) is 0 Å². The van der Waals surface area contributed by atoms with Crippen LogP contribution in [0.1, 0.15) is 13.8 Å². The summed E-state index contributed by atoms with van der Waals surface area (Å²) in [7, 11) is 0. The van der Waals surface area contributed by atoms with Crippen molar-refractivity contribution in [2.45, 2.75) is 13.8 Å². The molecule has 0 amide bonds. The second kappa shape index (κ2) is 5.24. The normalized spacial score (nSPS) is 7.36. The van der Waals surface area contributed by atoms with Crippen LogP contribution in [0.3, 0.4) is 0 Å². The van der Waals surface area contributed by atoms with E-state index >= 15 is 0 Å². The van der Waals surface area contributed by atoms with Crippen LogP contribution in [0.25, 0.3) is 4.85 Å². The fourth-order valence-electron chi connectivity index (χ4n) is 0.506. The van der Waals surface area contributed by atoms with Crippen LogP contribution in [0.5, 0.6) is 0 Å². The molecular formula is C8H11N3. The van der Waals surface area contributed by atoms with Crippen LogP contribution in [0, 0.1) is 6.57 Å². The Hall–Kier alpha value is -1.56. The summed E-state index contributed by atoms with van der Waals surface area (Å²) in [5.41, 5.74) is 5.81. The van der Waals surface area contributed by atoms with Crippen molar-refractivity contribution in [2.75, 3.05) is 5.73 Å². The van der Waals surface area contributed by atoms with Gasteiger partial charge in [-0.1, -0.05) is 13.8 Å². The van der Waals surface area contributed by atoms with Gasteiger partial charge in [0.1, 0.15) is 5.82 Å². The van der Waals surface area contributed by atoms with Gasteiger partial charge in [-0.2, -0.15) is 0 Å². The van der Waals surface area contributed by atoms with Crippen molar-refractivity contribution in [3.63, 3.8) is 0 Å². The van der Waals surface area contributed by atoms with E-state index in [1.807, 2.05) is 13.8 Å². The van der Waals surface area contributed by atoms with E-state index < -0.39 is 0 Å². The van der Waals surface area contributed by atoms with Crippen molar-refractivity contribution >= 4 is 11.5 Å². The molecular weight excluding hydrogens is 138 g/mol. The lowest BCUT2D eigenvalue weighted by Gasteiger charge is -1.88. The SMILES string of the molecule is CC.[C-]#[N+]c1ccnc(N)c1. The van der Waals surface area contributed by atoms with Crippen molar-refractivity contribution < 1.29 is 0 Å². The molecule has 0 aliphatic heterocycles. The van der Waals surface area contributed by atoms with E-state index in [1.165, 1.54) is 12.3 Å². The first-order valence-corrected chi connectivity index (χ1v) is 3.42. The van der Waals surface area contributed by atoms with Gasteiger partial charge in [0.2, 0.25) is 0 Å². The minimum absolute atomic E-state index is 0.392. The molecule has 0 spiro atoms. The Morgan fingerprint density at radius 2 is 2.18 bits per heavy atom. The number of anilines is 1. The van der Waals surface area contributed by atoms with Gasteiger partial charge in [-0.15, -0.1) is 0 Å². The lowest BCUT2D eigenvalue weighted by Crippen LogP contribution is -1.85. The summed E-state index contributed by atoms with van der Waals surface area (Å²) in [6.45, 7) is 10.6. The summed E-state index contributed by atoms with van der Waals surface area (Å²) >= 11 is 0. The maximum Gasteiger partial charge on any atom is 0.192 e. The number of nitrogens with zero attached hydrogens (tertiary/aromatic N) is 2. The van der Waals surface area contributed by atoms with Gasteiger partial charge in [-0.25, -0.2) is 9.83 Å². The molecule has 0 radical (unpaired) electrons. The Kier molecular flexibility index (Phi) is 4.50. The molecule has 0 bridgehead atoms. The third-order valence-electron chi connectivity index (χ3n) is 0.894. The first-order chi connectivity index (χ1) is 5.33. The van der Waals surface area contributed by atoms with Gasteiger partial charge in [-0.05, 0) is 12.1 Å². The van der Waals surface area contributed by atoms with E-state index in [-0.39, 0.29) is 0 Å². The molecule has 0 saturated carbocycles. The van der Waals surface area contributed by atoms with Gasteiger partial charge in [0.05, 0.1) is 6.57 Å². The zero-order chi connectivity index (χ0) is 8.69. The lowest BCUT2D eigenvalue weighted by atomic mass is 10.4. The predicted molar refractivity (Wildman–Crippen MR) is 46.3 cm³/mol. The summed E-state index contributed by atoms with van der Waals surface area (Å²) in [4.78, 5) is 6.88. The molecule has 0 aliphatic carbocycles. The summed E-state index contributed by atoms with van der Waals surface area (Å²) < 4.78 is 0. The number of rotatable bonds is 0. The third-order valence-corrected chi connectivity index (χ3v) is 0.894. The standard InChI is InChI=1S/C6H5N3.C2H6/c1-8-5-2-3-9-6(7)4-5;1-2/h2-4H,(H2,7,9);1-2H3. The van der Waals surface area contributed by atoms with E-state index in [2.05, 4.69) is 9.83 Å². The Bertz CT molecular complexity index is 250. The number of pyridine rings is 1. The summed E-state index contributed by atoms with van der Waals surface area (Å²) in [6, 6.07) is 3.15. The van der Waals surface area contributed by atoms with Crippen LogP contribution in [-0.4, -0.2) is 4.98 Å². The smallest absolute Gasteiger partial charge is 0.192 e. The highest BCUT2D eigenvalue weighted by atomic mass is 14.8. The molecule has 0 aromatic carbocycles. The first kappa shape index (κ1) is 9.44. The molecule has 3 heteroatoms. The highest BCUT2D eigenvalue weighted by molar-refractivity contribution is 5.50. The van der Waals surface area contributed by atoms with E-state index in [0.29, 0.717) is 11.5 Å². The first-order valence-electron chi connectivity index (χ1n) is 3.42. The molecule has 2 N–H and O–H groups in total. The van der Waals surface area contributed by atoms with E-state index in [1.54, 1.807) is 6.07 Å². The highest BCUT2D eigenvalue weighted by Crippen LogP contribution is 2.11. The van der Waals surface area contributed by atoms with Crippen molar-refractivity contribution in [3.05, 3.63) is 29.7 Å². The molecule has 0 fully saturated rings. The van der Waals surface area contributed by atoms with Crippen molar-refractivity contribution in [1.29, 1.82) is 0 Å². The molecule has 0 atom stereocenters. The average Bonchev–Trinajstić information content (AvgIpc) is 2.08. The zero-order valence-electron chi connectivity index (χ0n) is 6.70. The minimum Gasteiger partial charge on any atom is -0.385 e. The number of nitrogens with two attached hydrogens (primary N) is 1. The van der Waals surface area contributed by atoms with Crippen molar-refractivity contribution in [2.24, 2.45) is 0 Å². The number of aromatic nitrogens is 1. The van der Waals surface area contributed by atoms with Crippen molar-refractivity contribution in [3.8, 4) is 0 Å². The van der Waals surface area contributed by atoms with Gasteiger partial charge < -0.3 is 5.73 Å². The Morgan fingerprint density at radius 1 is 1.55 bits per heavy atom. The van der Waals surface area contributed by atoms with E-state index in [9.17, 15) is 0 Å². The molecule has 1 rings (SSSR count). The lowest BCUT2D eigenvalue weighted by molar-refractivity contribution is 1.34. The van der Waals surface area contributed by atoms with Crippen LogP contribution in [0.2, 0.25) is 0 Å². The molecule has 1 aromatic rings. The molecule has 58 valence electrons. The second-order valence-corrected chi connectivity index (χ2v) is 1.55. The van der Waals surface area contributed by atoms with Gasteiger partial charge in [0.15, 0.2) is 5.69 Å². The van der Waals surface area contributed by atoms with Crippen LogP contribution < -0.4 is 5.73 Å². The van der Waals surface area contributed by atoms with Gasteiger partial charge in [-0.3, -0.25) is 0 Å². The van der Waals surface area contributed by atoms with Gasteiger partial charge in [0.25, 0.3) is 0 Å². The van der Waals surface area contributed by atoms with E-state index in [4.69, 9.17) is 12.3 Å². The summed E-state index contributed by atoms with van der Waals surface area (Å²) in [5, 5.41) is 0. The number of nitrogen functional groups attached to an aromatic ring is 1. The van der Waals surface area contributed by atoms with Crippen molar-refractivity contribution in [1.82, 2.24) is 4.98 Å². The maximum absolute atomic E-state index is 6.58. The predicted octanol–water partition coefficient (Wildman–Crippen LogP) is 2.24. The zero-order valence-corrected chi connectivity index (χ0v) is 6.70. The van der Waals surface area contributed by atoms with Gasteiger partial charge in [0, 0.05) is 6.20 Å². The average molecular weight is 149 g/mol. The minimum atomic E-state index is 0.392. The number of hydrogen-bond acceptors (Lipinski definition) is 2. The number of hydrogen-bond donors (Lipinski definition) is 1. The summed E-state index contributed by atoms with van der Waals surface area (Å²) in [5.74, 6) is 0.392. The Labute approximate surface area is 66.7 Å². The fourth-order valence-corrected chi connectivity index (χ4v) is 0.506. The highest BCUT2D eigenvalue weighted by Gasteiger charge is 1.88. The fraction of sp³-hybridized carbons (Fsp3) is 0.250. The Morgan fingerprint density at radius 3 is 2.55 bits per heavy atom. The Balaban J connectivity index is 0.000000461. The molecule has 11 heavy (non-hydrogen) atoms. The van der Waals surface area contributed by atoms with Crippen LogP contribution >= 0.6 is 0 Å². The monoisotopic (exact) mass is 149 g/mol. The molecule has 1 heterocycles. The van der Waals surface area contributed by atoms with Crippen LogP contribution in [-0.2, 0) is 0 Å². The third kappa shape index (κ3) is 3.21. The molecule has 0 unspecified atom stereocenters. The topological polar surface area (TPSA) is 43.3 Å².